The molecule has 0 bridgehead atoms. The zero-order chi connectivity index (χ0) is 22.0. The Balaban J connectivity index is 2.82. The molecule has 1 atom stereocenters. The first kappa shape index (κ1) is 25.0. The Morgan fingerprint density at radius 1 is 1.00 bits per heavy atom. The highest BCUT2D eigenvalue weighted by Gasteiger charge is 2.39. The van der Waals surface area contributed by atoms with Crippen LogP contribution >= 0.6 is 0 Å². The zero-order valence-corrected chi connectivity index (χ0v) is 18.8. The van der Waals surface area contributed by atoms with Crippen LogP contribution in [-0.4, -0.2) is 82.3 Å². The van der Waals surface area contributed by atoms with Crippen molar-refractivity contribution in [3.8, 4) is 0 Å². The maximum Gasteiger partial charge on any atom is 0.411 e. The number of ether oxygens (including phenoxy) is 1. The van der Waals surface area contributed by atoms with Gasteiger partial charge in [0.2, 0.25) is 0 Å². The van der Waals surface area contributed by atoms with Gasteiger partial charge in [0, 0.05) is 26.2 Å². The second-order valence-electron chi connectivity index (χ2n) is 8.66. The number of piperazine rings is 1. The highest BCUT2D eigenvalue weighted by atomic mass is 16.6. The maximum atomic E-state index is 13.1. The lowest BCUT2D eigenvalue weighted by molar-refractivity contribution is -0.145. The number of aliphatic carboxylic acids is 1. The fourth-order valence-electron chi connectivity index (χ4n) is 3.32. The molecule has 0 aliphatic carbocycles. The van der Waals surface area contributed by atoms with Crippen molar-refractivity contribution in [1.82, 2.24) is 14.7 Å². The number of carboxylic acid groups (broad SMARTS) is 1. The smallest absolute Gasteiger partial charge is 0.411 e. The molecule has 1 aliphatic heterocycles. The van der Waals surface area contributed by atoms with Gasteiger partial charge in [-0.2, -0.15) is 0 Å². The summed E-state index contributed by atoms with van der Waals surface area (Å²) in [5.41, 5.74) is -0.706. The molecule has 1 heterocycles. The number of unbranched alkanes of at least 4 members (excludes halogenated alkanes) is 4. The minimum Gasteiger partial charge on any atom is -0.480 e. The molecular formula is C21H39N3O5. The van der Waals surface area contributed by atoms with Crippen molar-refractivity contribution < 1.29 is 24.2 Å². The number of urea groups is 1. The average Bonchev–Trinajstić information content (AvgIpc) is 2.64. The van der Waals surface area contributed by atoms with Crippen LogP contribution in [-0.2, 0) is 9.53 Å². The summed E-state index contributed by atoms with van der Waals surface area (Å²) in [6.45, 7) is 11.3. The molecule has 0 saturated carbocycles. The van der Waals surface area contributed by atoms with E-state index >= 15 is 0 Å². The molecule has 168 valence electrons. The molecule has 1 N–H and O–H groups in total. The molecule has 1 aliphatic rings. The summed E-state index contributed by atoms with van der Waals surface area (Å²) in [5, 5.41) is 9.64. The van der Waals surface area contributed by atoms with Crippen molar-refractivity contribution in [1.29, 1.82) is 0 Å². The normalized spacial score (nSPS) is 17.2. The first-order valence-corrected chi connectivity index (χ1v) is 10.9. The van der Waals surface area contributed by atoms with Crippen molar-refractivity contribution in [3.63, 3.8) is 0 Å². The zero-order valence-electron chi connectivity index (χ0n) is 18.8. The molecule has 1 saturated heterocycles. The Labute approximate surface area is 175 Å². The molecule has 0 aromatic rings. The monoisotopic (exact) mass is 413 g/mol. The van der Waals surface area contributed by atoms with Crippen LogP contribution < -0.4 is 0 Å². The van der Waals surface area contributed by atoms with E-state index in [4.69, 9.17) is 4.74 Å². The largest absolute Gasteiger partial charge is 0.480 e. The third-order valence-corrected chi connectivity index (χ3v) is 4.90. The summed E-state index contributed by atoms with van der Waals surface area (Å²) >= 11 is 0. The molecule has 8 heteroatoms. The van der Waals surface area contributed by atoms with E-state index in [1.54, 1.807) is 25.7 Å². The van der Waals surface area contributed by atoms with E-state index in [9.17, 15) is 19.5 Å². The fraction of sp³-hybridized carbons (Fsp3) is 0.857. The highest BCUT2D eigenvalue weighted by Crippen LogP contribution is 2.18. The molecule has 0 radical (unpaired) electrons. The molecule has 1 fully saturated rings. The molecule has 3 amide bonds. The lowest BCUT2D eigenvalue weighted by atomic mass is 10.1. The summed E-state index contributed by atoms with van der Waals surface area (Å²) in [7, 11) is 0. The first-order valence-electron chi connectivity index (χ1n) is 10.9. The van der Waals surface area contributed by atoms with Crippen molar-refractivity contribution in [2.45, 2.75) is 84.8 Å². The van der Waals surface area contributed by atoms with Crippen LogP contribution in [0.2, 0.25) is 0 Å². The summed E-state index contributed by atoms with van der Waals surface area (Å²) in [4.78, 5) is 41.9. The molecular weight excluding hydrogens is 374 g/mol. The standard InChI is InChI=1S/C21H39N3O5/c1-6-8-10-12-22(13-11-9-7-2)19(27)23-14-15-24(17(16-23)18(25)26)20(28)29-21(3,4)5/h17H,6-16H2,1-5H3,(H,25,26)/t17-/m0/s1. The van der Waals surface area contributed by atoms with E-state index in [-0.39, 0.29) is 19.1 Å². The van der Waals surface area contributed by atoms with Crippen LogP contribution in [0, 0.1) is 0 Å². The van der Waals surface area contributed by atoms with Gasteiger partial charge in [-0.15, -0.1) is 0 Å². The van der Waals surface area contributed by atoms with Crippen LogP contribution in [0.1, 0.15) is 73.1 Å². The van der Waals surface area contributed by atoms with Crippen molar-refractivity contribution in [3.05, 3.63) is 0 Å². The van der Waals surface area contributed by atoms with Crippen LogP contribution in [0.4, 0.5) is 9.59 Å². The summed E-state index contributed by atoms with van der Waals surface area (Å²) in [6.07, 6.45) is 5.49. The van der Waals surface area contributed by atoms with E-state index < -0.39 is 23.7 Å². The molecule has 0 aromatic carbocycles. The second-order valence-corrected chi connectivity index (χ2v) is 8.66. The first-order chi connectivity index (χ1) is 13.6. The molecule has 29 heavy (non-hydrogen) atoms. The molecule has 1 rings (SSSR count). The number of rotatable bonds is 9. The van der Waals surface area contributed by atoms with Gasteiger partial charge in [-0.1, -0.05) is 39.5 Å². The number of hydrogen-bond donors (Lipinski definition) is 1. The third-order valence-electron chi connectivity index (χ3n) is 4.90. The number of carbonyl (C=O) groups excluding carboxylic acids is 2. The van der Waals surface area contributed by atoms with Gasteiger partial charge >= 0.3 is 18.1 Å². The number of hydrogen-bond acceptors (Lipinski definition) is 4. The van der Waals surface area contributed by atoms with Gasteiger partial charge in [0.05, 0.1) is 6.54 Å². The van der Waals surface area contributed by atoms with Gasteiger partial charge in [0.1, 0.15) is 5.60 Å². The van der Waals surface area contributed by atoms with Gasteiger partial charge < -0.3 is 19.6 Å². The van der Waals surface area contributed by atoms with E-state index in [1.807, 2.05) is 4.90 Å². The lowest BCUT2D eigenvalue weighted by Crippen LogP contribution is -2.61. The minimum atomic E-state index is -1.13. The minimum absolute atomic E-state index is 0.0224. The van der Waals surface area contributed by atoms with Crippen molar-refractivity contribution in [2.24, 2.45) is 0 Å². The molecule has 0 unspecified atom stereocenters. The fourth-order valence-corrected chi connectivity index (χ4v) is 3.32. The second kappa shape index (κ2) is 11.9. The predicted octanol–water partition coefficient (Wildman–Crippen LogP) is 3.79. The van der Waals surface area contributed by atoms with E-state index in [0.717, 1.165) is 38.5 Å². The van der Waals surface area contributed by atoms with Crippen molar-refractivity contribution in [2.75, 3.05) is 32.7 Å². The van der Waals surface area contributed by atoms with Gasteiger partial charge in [-0.3, -0.25) is 4.90 Å². The Bertz CT molecular complexity index is 537. The quantitative estimate of drug-likeness (QED) is 0.581. The third kappa shape index (κ3) is 8.50. The van der Waals surface area contributed by atoms with Crippen LogP contribution in [0.25, 0.3) is 0 Å². The van der Waals surface area contributed by atoms with Gasteiger partial charge in [-0.25, -0.2) is 14.4 Å². The number of carboxylic acids is 1. The molecule has 0 aromatic heterocycles. The Hall–Kier alpha value is -1.99. The Morgan fingerprint density at radius 3 is 2.00 bits per heavy atom. The maximum absolute atomic E-state index is 13.1. The predicted molar refractivity (Wildman–Crippen MR) is 112 cm³/mol. The average molecular weight is 414 g/mol. The Morgan fingerprint density at radius 2 is 1.55 bits per heavy atom. The van der Waals surface area contributed by atoms with Crippen molar-refractivity contribution >= 4 is 18.1 Å². The van der Waals surface area contributed by atoms with E-state index in [2.05, 4.69) is 13.8 Å². The van der Waals surface area contributed by atoms with Gasteiger partial charge in [0.15, 0.2) is 6.04 Å². The molecule has 0 spiro atoms. The lowest BCUT2D eigenvalue weighted by Gasteiger charge is -2.41. The van der Waals surface area contributed by atoms with Gasteiger partial charge in [-0.05, 0) is 33.6 Å². The Kier molecular flexibility index (Phi) is 10.3. The van der Waals surface area contributed by atoms with Crippen LogP contribution in [0.3, 0.4) is 0 Å². The van der Waals surface area contributed by atoms with E-state index in [1.165, 1.54) is 4.90 Å². The molecule has 8 nitrogen and oxygen atoms in total. The summed E-state index contributed by atoms with van der Waals surface area (Å²) in [5.74, 6) is -1.13. The topological polar surface area (TPSA) is 90.4 Å². The van der Waals surface area contributed by atoms with Crippen LogP contribution in [0.15, 0.2) is 0 Å². The number of amides is 3. The highest BCUT2D eigenvalue weighted by molar-refractivity contribution is 5.82. The van der Waals surface area contributed by atoms with Crippen LogP contribution in [0.5, 0.6) is 0 Å². The summed E-state index contributed by atoms with van der Waals surface area (Å²) < 4.78 is 5.34. The number of nitrogens with zero attached hydrogens (tertiary/aromatic N) is 3. The van der Waals surface area contributed by atoms with Gasteiger partial charge in [0.25, 0.3) is 0 Å². The van der Waals surface area contributed by atoms with E-state index in [0.29, 0.717) is 19.6 Å². The number of carbonyl (C=O) groups is 3. The SMILES string of the molecule is CCCCCN(CCCCC)C(=O)N1CCN(C(=O)OC(C)(C)C)[C@H](C(=O)O)C1. The summed E-state index contributed by atoms with van der Waals surface area (Å²) in [6, 6.07) is -1.23.